The van der Waals surface area contributed by atoms with Crippen LogP contribution in [0, 0.1) is 5.41 Å². The lowest BCUT2D eigenvalue weighted by atomic mass is 9.51. The van der Waals surface area contributed by atoms with E-state index in [1.54, 1.807) is 0 Å². The molecule has 2 saturated carbocycles. The summed E-state index contributed by atoms with van der Waals surface area (Å²) in [5.74, 6) is 2.12. The molecule has 0 saturated heterocycles. The molecule has 2 fully saturated rings. The number of hydrogen-bond donors (Lipinski definition) is 1. The van der Waals surface area contributed by atoms with E-state index in [4.69, 9.17) is 10.3 Å². The lowest BCUT2D eigenvalue weighted by Gasteiger charge is -2.53. The zero-order valence-corrected chi connectivity index (χ0v) is 7.62. The Morgan fingerprint density at radius 3 is 2.69 bits per heavy atom. The van der Waals surface area contributed by atoms with Crippen molar-refractivity contribution in [3.05, 3.63) is 11.8 Å². The number of nitrogens with zero attached hydrogens (tertiary/aromatic N) is 1. The van der Waals surface area contributed by atoms with Crippen molar-refractivity contribution >= 4 is 5.82 Å². The summed E-state index contributed by atoms with van der Waals surface area (Å²) in [5, 5.41) is 3.71. The molecule has 70 valence electrons. The van der Waals surface area contributed by atoms with Gasteiger partial charge in [0.2, 0.25) is 0 Å². The Bertz CT molecular complexity index is 319. The SMILES string of the molecule is Nc1cc(C2CC3(CCC3)C2)on1. The second kappa shape index (κ2) is 2.28. The van der Waals surface area contributed by atoms with Gasteiger partial charge < -0.3 is 10.3 Å². The van der Waals surface area contributed by atoms with Crippen molar-refractivity contribution in [3.8, 4) is 0 Å². The zero-order chi connectivity index (χ0) is 8.89. The number of nitrogens with two attached hydrogens (primary N) is 1. The van der Waals surface area contributed by atoms with Gasteiger partial charge in [0.05, 0.1) is 0 Å². The van der Waals surface area contributed by atoms with Crippen molar-refractivity contribution in [2.75, 3.05) is 5.73 Å². The third kappa shape index (κ3) is 0.992. The van der Waals surface area contributed by atoms with Gasteiger partial charge in [-0.25, -0.2) is 0 Å². The van der Waals surface area contributed by atoms with Crippen LogP contribution >= 0.6 is 0 Å². The molecule has 3 rings (SSSR count). The smallest absolute Gasteiger partial charge is 0.167 e. The Morgan fingerprint density at radius 1 is 1.46 bits per heavy atom. The molecule has 0 bridgehead atoms. The molecule has 2 aliphatic rings. The number of anilines is 1. The van der Waals surface area contributed by atoms with E-state index in [1.807, 2.05) is 6.07 Å². The minimum atomic E-state index is 0.518. The number of hydrogen-bond acceptors (Lipinski definition) is 3. The standard InChI is InChI=1S/C10H14N2O/c11-9-4-8(13-12-9)7-5-10(6-7)2-1-3-10/h4,7H,1-3,5-6H2,(H2,11,12). The van der Waals surface area contributed by atoms with Crippen LogP contribution in [-0.4, -0.2) is 5.16 Å². The minimum absolute atomic E-state index is 0.518. The second-order valence-corrected chi connectivity index (χ2v) is 4.61. The van der Waals surface area contributed by atoms with E-state index in [0.29, 0.717) is 17.2 Å². The highest BCUT2D eigenvalue weighted by atomic mass is 16.5. The highest BCUT2D eigenvalue weighted by Gasteiger charge is 2.49. The van der Waals surface area contributed by atoms with E-state index in [9.17, 15) is 0 Å². The lowest BCUT2D eigenvalue weighted by molar-refractivity contribution is 0.000183. The van der Waals surface area contributed by atoms with Gasteiger partial charge in [-0.2, -0.15) is 0 Å². The summed E-state index contributed by atoms with van der Waals surface area (Å²) in [7, 11) is 0. The van der Waals surface area contributed by atoms with Crippen LogP contribution < -0.4 is 5.73 Å². The van der Waals surface area contributed by atoms with Gasteiger partial charge in [-0.1, -0.05) is 11.6 Å². The Balaban J connectivity index is 1.70. The first kappa shape index (κ1) is 7.42. The molecule has 2 N–H and O–H groups in total. The zero-order valence-electron chi connectivity index (χ0n) is 7.62. The topological polar surface area (TPSA) is 52.0 Å². The molecule has 1 spiro atoms. The summed E-state index contributed by atoms with van der Waals surface area (Å²) in [6, 6.07) is 1.87. The largest absolute Gasteiger partial charge is 0.381 e. The lowest BCUT2D eigenvalue weighted by Crippen LogP contribution is -2.41. The summed E-state index contributed by atoms with van der Waals surface area (Å²) in [5.41, 5.74) is 6.21. The van der Waals surface area contributed by atoms with E-state index < -0.39 is 0 Å². The molecule has 0 aliphatic heterocycles. The van der Waals surface area contributed by atoms with Gasteiger partial charge in [0.15, 0.2) is 5.82 Å². The summed E-state index contributed by atoms with van der Waals surface area (Å²) < 4.78 is 5.16. The fraction of sp³-hybridized carbons (Fsp3) is 0.700. The van der Waals surface area contributed by atoms with Crippen LogP contribution in [0.2, 0.25) is 0 Å². The van der Waals surface area contributed by atoms with Crippen LogP contribution in [0.4, 0.5) is 5.82 Å². The molecule has 0 aromatic carbocycles. The van der Waals surface area contributed by atoms with Gasteiger partial charge in [-0.05, 0) is 31.1 Å². The predicted octanol–water partition coefficient (Wildman–Crippen LogP) is 2.30. The average Bonchev–Trinajstić information content (AvgIpc) is 2.29. The van der Waals surface area contributed by atoms with Gasteiger partial charge in [-0.15, -0.1) is 0 Å². The van der Waals surface area contributed by atoms with Crippen LogP contribution in [0.3, 0.4) is 0 Å². The Morgan fingerprint density at radius 2 is 2.23 bits per heavy atom. The van der Waals surface area contributed by atoms with Crippen molar-refractivity contribution < 1.29 is 4.52 Å². The van der Waals surface area contributed by atoms with Crippen LogP contribution in [0.25, 0.3) is 0 Å². The maximum Gasteiger partial charge on any atom is 0.167 e. The molecule has 13 heavy (non-hydrogen) atoms. The summed E-state index contributed by atoms with van der Waals surface area (Å²) in [6.45, 7) is 0. The monoisotopic (exact) mass is 178 g/mol. The van der Waals surface area contributed by atoms with E-state index in [2.05, 4.69) is 5.16 Å². The van der Waals surface area contributed by atoms with E-state index in [-0.39, 0.29) is 0 Å². The maximum absolute atomic E-state index is 5.50. The molecule has 2 aliphatic carbocycles. The first-order chi connectivity index (χ1) is 6.27. The van der Waals surface area contributed by atoms with Gasteiger partial charge in [0.25, 0.3) is 0 Å². The van der Waals surface area contributed by atoms with Gasteiger partial charge in [0.1, 0.15) is 5.76 Å². The van der Waals surface area contributed by atoms with Gasteiger partial charge >= 0.3 is 0 Å². The van der Waals surface area contributed by atoms with E-state index in [0.717, 1.165) is 5.76 Å². The van der Waals surface area contributed by atoms with E-state index in [1.165, 1.54) is 32.1 Å². The third-order valence-corrected chi connectivity index (χ3v) is 3.72. The molecule has 1 aromatic rings. The van der Waals surface area contributed by atoms with Gasteiger partial charge in [-0.3, -0.25) is 0 Å². The summed E-state index contributed by atoms with van der Waals surface area (Å²) in [6.07, 6.45) is 6.86. The number of nitrogen functional groups attached to an aromatic ring is 1. The number of aromatic nitrogens is 1. The highest BCUT2D eigenvalue weighted by Crippen LogP contribution is 2.61. The van der Waals surface area contributed by atoms with Crippen LogP contribution in [0.15, 0.2) is 10.6 Å². The molecule has 3 heteroatoms. The van der Waals surface area contributed by atoms with Crippen molar-refractivity contribution in [1.29, 1.82) is 0 Å². The molecular formula is C10H14N2O. The van der Waals surface area contributed by atoms with Crippen LogP contribution in [0.1, 0.15) is 43.8 Å². The predicted molar refractivity (Wildman–Crippen MR) is 49.2 cm³/mol. The summed E-state index contributed by atoms with van der Waals surface area (Å²) in [4.78, 5) is 0. The van der Waals surface area contributed by atoms with Crippen molar-refractivity contribution in [2.24, 2.45) is 5.41 Å². The van der Waals surface area contributed by atoms with Crippen molar-refractivity contribution in [3.63, 3.8) is 0 Å². The van der Waals surface area contributed by atoms with Crippen molar-refractivity contribution in [1.82, 2.24) is 5.16 Å². The molecular weight excluding hydrogens is 164 g/mol. The van der Waals surface area contributed by atoms with E-state index >= 15 is 0 Å². The normalized spacial score (nSPS) is 25.5. The Kier molecular flexibility index (Phi) is 1.30. The molecule has 1 aromatic heterocycles. The highest BCUT2D eigenvalue weighted by molar-refractivity contribution is 5.29. The first-order valence-corrected chi connectivity index (χ1v) is 5.00. The third-order valence-electron chi connectivity index (χ3n) is 3.72. The minimum Gasteiger partial charge on any atom is -0.381 e. The molecule has 1 heterocycles. The van der Waals surface area contributed by atoms with Gasteiger partial charge in [0, 0.05) is 12.0 Å². The molecule has 0 amide bonds. The molecule has 3 nitrogen and oxygen atoms in total. The maximum atomic E-state index is 5.50. The fourth-order valence-corrected chi connectivity index (χ4v) is 2.77. The fourth-order valence-electron chi connectivity index (χ4n) is 2.77. The number of rotatable bonds is 1. The van der Waals surface area contributed by atoms with Crippen LogP contribution in [0.5, 0.6) is 0 Å². The van der Waals surface area contributed by atoms with Crippen LogP contribution in [-0.2, 0) is 0 Å². The molecule has 0 unspecified atom stereocenters. The summed E-state index contributed by atoms with van der Waals surface area (Å²) >= 11 is 0. The van der Waals surface area contributed by atoms with Crippen molar-refractivity contribution in [2.45, 2.75) is 38.0 Å². The Hall–Kier alpha value is -0.990. The molecule has 0 radical (unpaired) electrons. The Labute approximate surface area is 77.3 Å². The average molecular weight is 178 g/mol. The molecule has 0 atom stereocenters. The second-order valence-electron chi connectivity index (χ2n) is 4.61. The quantitative estimate of drug-likeness (QED) is 0.717. The first-order valence-electron chi connectivity index (χ1n) is 5.00.